The second-order valence-corrected chi connectivity index (χ2v) is 3.57. The Morgan fingerprint density at radius 1 is 1.69 bits per heavy atom. The predicted octanol–water partition coefficient (Wildman–Crippen LogP) is 1.85. The molecule has 1 aliphatic heterocycles. The van der Waals surface area contributed by atoms with Crippen molar-refractivity contribution in [2.45, 2.75) is 19.7 Å². The topological polar surface area (TPSA) is 61.2 Å². The van der Waals surface area contributed by atoms with Crippen LogP contribution in [0.15, 0.2) is 35.5 Å². The van der Waals surface area contributed by atoms with E-state index in [0.717, 1.165) is 17.5 Å². The summed E-state index contributed by atoms with van der Waals surface area (Å²) in [5, 5.41) is 15.7. The van der Waals surface area contributed by atoms with Gasteiger partial charge in [0.05, 0.1) is 0 Å². The first-order chi connectivity index (χ1) is 7.61. The zero-order chi connectivity index (χ0) is 12.0. The zero-order valence-corrected chi connectivity index (χ0v) is 9.23. The van der Waals surface area contributed by atoms with Crippen molar-refractivity contribution in [1.29, 1.82) is 5.41 Å². The SMILES string of the molecule is CC1=C(/C=C\CC(=N)C(=O)O)C=BCC=C1. The van der Waals surface area contributed by atoms with E-state index in [9.17, 15) is 4.79 Å². The molecule has 0 aromatic heterocycles. The predicted molar refractivity (Wildman–Crippen MR) is 67.6 cm³/mol. The van der Waals surface area contributed by atoms with E-state index in [-0.39, 0.29) is 12.1 Å². The Hall–Kier alpha value is -1.71. The van der Waals surface area contributed by atoms with Crippen LogP contribution < -0.4 is 0 Å². The molecular weight excluding hydrogens is 201 g/mol. The fourth-order valence-corrected chi connectivity index (χ4v) is 1.32. The Labute approximate surface area is 95.6 Å². The summed E-state index contributed by atoms with van der Waals surface area (Å²) >= 11 is 0. The summed E-state index contributed by atoms with van der Waals surface area (Å²) in [6, 6.07) is 0. The van der Waals surface area contributed by atoms with Crippen LogP contribution in [-0.2, 0) is 4.79 Å². The molecule has 4 heteroatoms. The number of rotatable bonds is 4. The van der Waals surface area contributed by atoms with Gasteiger partial charge in [-0.15, -0.1) is 0 Å². The van der Waals surface area contributed by atoms with Gasteiger partial charge in [-0.25, -0.2) is 0 Å². The van der Waals surface area contributed by atoms with Crippen molar-refractivity contribution in [3.05, 3.63) is 35.5 Å². The second kappa shape index (κ2) is 6.00. The molecule has 0 spiro atoms. The summed E-state index contributed by atoms with van der Waals surface area (Å²) in [5.41, 5.74) is 1.92. The van der Waals surface area contributed by atoms with Crippen LogP contribution in [0.3, 0.4) is 0 Å². The van der Waals surface area contributed by atoms with Gasteiger partial charge >= 0.3 is 95.0 Å². The summed E-state index contributed by atoms with van der Waals surface area (Å²) in [7, 11) is 0. The Morgan fingerprint density at radius 3 is 3.12 bits per heavy atom. The Balaban J connectivity index is 2.66. The molecule has 0 aromatic rings. The van der Waals surface area contributed by atoms with Gasteiger partial charge in [-0.2, -0.15) is 0 Å². The molecule has 0 atom stereocenters. The van der Waals surface area contributed by atoms with Crippen molar-refractivity contribution >= 4 is 24.6 Å². The van der Waals surface area contributed by atoms with Crippen molar-refractivity contribution in [3.63, 3.8) is 0 Å². The molecule has 0 bridgehead atoms. The molecule has 0 aliphatic carbocycles. The van der Waals surface area contributed by atoms with Crippen LogP contribution in [0.5, 0.6) is 0 Å². The second-order valence-electron chi connectivity index (χ2n) is 3.57. The van der Waals surface area contributed by atoms with E-state index in [4.69, 9.17) is 10.5 Å². The van der Waals surface area contributed by atoms with Crippen LogP contribution >= 0.6 is 0 Å². The molecule has 1 rings (SSSR count). The molecule has 0 fully saturated rings. The first-order valence-corrected chi connectivity index (χ1v) is 5.12. The van der Waals surface area contributed by atoms with Crippen LogP contribution in [0.25, 0.3) is 0 Å². The van der Waals surface area contributed by atoms with Gasteiger partial charge in [0, 0.05) is 0 Å². The maximum atomic E-state index is 10.4. The van der Waals surface area contributed by atoms with Gasteiger partial charge in [-0.05, 0) is 0 Å². The Bertz CT molecular complexity index is 417. The van der Waals surface area contributed by atoms with Crippen molar-refractivity contribution in [2.75, 3.05) is 0 Å². The van der Waals surface area contributed by atoms with Crippen molar-refractivity contribution < 1.29 is 9.90 Å². The molecule has 1 aliphatic rings. The minimum absolute atomic E-state index is 0.156. The maximum absolute atomic E-state index is 10.4. The number of hydrogen-bond donors (Lipinski definition) is 2. The van der Waals surface area contributed by atoms with E-state index in [1.807, 2.05) is 25.0 Å². The van der Waals surface area contributed by atoms with Crippen LogP contribution in [0.4, 0.5) is 0 Å². The fraction of sp³-hybridized carbons (Fsp3) is 0.250. The van der Waals surface area contributed by atoms with Gasteiger partial charge in [-0.1, -0.05) is 0 Å². The number of carbonyl (C=O) groups is 1. The average Bonchev–Trinajstić information content (AvgIpc) is 2.44. The number of carboxylic acids is 1. The third-order valence-electron chi connectivity index (χ3n) is 2.27. The van der Waals surface area contributed by atoms with Crippen LogP contribution in [0.1, 0.15) is 13.3 Å². The summed E-state index contributed by atoms with van der Waals surface area (Å²) in [6.07, 6.45) is 8.76. The fourth-order valence-electron chi connectivity index (χ4n) is 1.32. The van der Waals surface area contributed by atoms with E-state index < -0.39 is 5.97 Å². The van der Waals surface area contributed by atoms with Crippen molar-refractivity contribution in [3.8, 4) is 0 Å². The van der Waals surface area contributed by atoms with E-state index in [1.165, 1.54) is 0 Å². The molecule has 0 saturated carbocycles. The van der Waals surface area contributed by atoms with Gasteiger partial charge < -0.3 is 0 Å². The summed E-state index contributed by atoms with van der Waals surface area (Å²) in [4.78, 5) is 10.4. The number of hydrogen-bond acceptors (Lipinski definition) is 2. The van der Waals surface area contributed by atoms with Gasteiger partial charge in [0.15, 0.2) is 0 Å². The molecule has 0 unspecified atom stereocenters. The summed E-state index contributed by atoms with van der Waals surface area (Å²) in [5.74, 6) is 0.850. The number of aliphatic carboxylic acids is 1. The third-order valence-corrected chi connectivity index (χ3v) is 2.27. The quantitative estimate of drug-likeness (QED) is 0.555. The Morgan fingerprint density at radius 2 is 2.44 bits per heavy atom. The van der Waals surface area contributed by atoms with E-state index in [1.54, 1.807) is 6.08 Å². The number of nitrogens with one attached hydrogen (secondary N) is 1. The number of carboxylic acid groups (broad SMARTS) is 1. The van der Waals surface area contributed by atoms with Crippen molar-refractivity contribution in [2.24, 2.45) is 0 Å². The monoisotopic (exact) mass is 215 g/mol. The first-order valence-electron chi connectivity index (χ1n) is 5.12. The van der Waals surface area contributed by atoms with Crippen LogP contribution in [-0.4, -0.2) is 29.7 Å². The third kappa shape index (κ3) is 3.81. The summed E-state index contributed by atoms with van der Waals surface area (Å²) < 4.78 is 0. The van der Waals surface area contributed by atoms with Gasteiger partial charge in [0.25, 0.3) is 0 Å². The zero-order valence-electron chi connectivity index (χ0n) is 9.23. The standard InChI is InChI=1S/C12H14BNO2/c1-9-4-3-7-13-8-10(9)5-2-6-11(14)12(15)16/h2-5,8,14H,6-7H2,1H3,(H,15,16)/b5-2-,14-11?. The molecule has 2 N–H and O–H groups in total. The minimum atomic E-state index is -1.16. The molecule has 0 amide bonds. The van der Waals surface area contributed by atoms with E-state index >= 15 is 0 Å². The molecule has 0 aromatic carbocycles. The molecule has 82 valence electrons. The average molecular weight is 215 g/mol. The molecule has 3 nitrogen and oxygen atoms in total. The van der Waals surface area contributed by atoms with Gasteiger partial charge in [0.1, 0.15) is 0 Å². The molecule has 1 heterocycles. The van der Waals surface area contributed by atoms with Crippen LogP contribution in [0, 0.1) is 5.41 Å². The normalized spacial score (nSPS) is 15.1. The number of allylic oxidation sites excluding steroid dienone is 6. The Kier molecular flexibility index (Phi) is 4.64. The summed E-state index contributed by atoms with van der Waals surface area (Å²) in [6.45, 7) is 4.06. The van der Waals surface area contributed by atoms with Gasteiger partial charge in [0.2, 0.25) is 0 Å². The molecule has 16 heavy (non-hydrogen) atoms. The molecule has 0 saturated heterocycles. The molecule has 0 radical (unpaired) electrons. The molecular formula is C12H14BNO2. The van der Waals surface area contributed by atoms with E-state index in [0.29, 0.717) is 0 Å². The van der Waals surface area contributed by atoms with E-state index in [2.05, 4.69) is 13.0 Å². The van der Waals surface area contributed by atoms with Gasteiger partial charge in [-0.3, -0.25) is 0 Å². The first kappa shape index (κ1) is 12.4. The van der Waals surface area contributed by atoms with Crippen molar-refractivity contribution in [1.82, 2.24) is 0 Å². The van der Waals surface area contributed by atoms with Crippen LogP contribution in [0.2, 0.25) is 6.32 Å².